The first kappa shape index (κ1) is 22.9. The van der Waals surface area contributed by atoms with E-state index in [1.54, 1.807) is 18.3 Å². The third-order valence-corrected chi connectivity index (χ3v) is 6.05. The van der Waals surface area contributed by atoms with Gasteiger partial charge in [0.25, 0.3) is 0 Å². The van der Waals surface area contributed by atoms with Gasteiger partial charge in [0.05, 0.1) is 7.11 Å². The van der Waals surface area contributed by atoms with Crippen molar-refractivity contribution >= 4 is 16.7 Å². The van der Waals surface area contributed by atoms with Crippen LogP contribution in [0.4, 0.5) is 27.8 Å². The van der Waals surface area contributed by atoms with Gasteiger partial charge in [0, 0.05) is 35.5 Å². The van der Waals surface area contributed by atoms with E-state index in [1.165, 1.54) is 42.5 Å². The van der Waals surface area contributed by atoms with E-state index < -0.39 is 23.9 Å². The molecular formula is C25H19F5N4O. The molecule has 3 heterocycles. The lowest BCUT2D eigenvalue weighted by molar-refractivity contribution is -0.146. The molecule has 0 radical (unpaired) electrons. The SMILES string of the molecule is COc1cc(-c2cccc(F)c2F)cc2c(N3CCCC3C(F)(F)F)nc(-c3cccnc3)nc12. The number of benzene rings is 2. The maximum atomic E-state index is 14.6. The van der Waals surface area contributed by atoms with E-state index >= 15 is 0 Å². The van der Waals surface area contributed by atoms with Crippen LogP contribution < -0.4 is 9.64 Å². The second kappa shape index (κ2) is 8.75. The number of hydrogen-bond acceptors (Lipinski definition) is 5. The summed E-state index contributed by atoms with van der Waals surface area (Å²) < 4.78 is 75.7. The lowest BCUT2D eigenvalue weighted by Crippen LogP contribution is -2.41. The minimum Gasteiger partial charge on any atom is -0.494 e. The Balaban J connectivity index is 1.81. The van der Waals surface area contributed by atoms with E-state index in [0.717, 1.165) is 6.07 Å². The Morgan fingerprint density at radius 1 is 1.03 bits per heavy atom. The van der Waals surface area contributed by atoms with Crippen molar-refractivity contribution in [1.82, 2.24) is 15.0 Å². The van der Waals surface area contributed by atoms with Crippen molar-refractivity contribution in [2.24, 2.45) is 0 Å². The first-order valence-corrected chi connectivity index (χ1v) is 10.9. The molecule has 1 fully saturated rings. The van der Waals surface area contributed by atoms with Crippen molar-refractivity contribution in [3.63, 3.8) is 0 Å². The number of ether oxygens (including phenoxy) is 1. The standard InChI is InChI=1S/C25H19F5N4O/c1-35-19-12-15(16-6-2-7-18(26)21(16)27)11-17-22(19)32-23(14-5-3-9-31-13-14)33-24(17)34-10-4-8-20(34)25(28,29)30/h2-3,5-7,9,11-13,20H,4,8,10H2,1H3. The van der Waals surface area contributed by atoms with E-state index in [-0.39, 0.29) is 52.4 Å². The average Bonchev–Trinajstić information content (AvgIpc) is 3.35. The van der Waals surface area contributed by atoms with Gasteiger partial charge >= 0.3 is 6.18 Å². The van der Waals surface area contributed by atoms with Gasteiger partial charge in [0.1, 0.15) is 23.1 Å². The fraction of sp³-hybridized carbons (Fsp3) is 0.240. The van der Waals surface area contributed by atoms with Crippen LogP contribution in [0, 0.1) is 11.6 Å². The zero-order chi connectivity index (χ0) is 24.7. The summed E-state index contributed by atoms with van der Waals surface area (Å²) in [6, 6.07) is 8.33. The van der Waals surface area contributed by atoms with E-state index in [9.17, 15) is 22.0 Å². The van der Waals surface area contributed by atoms with Gasteiger partial charge in [0.15, 0.2) is 17.5 Å². The lowest BCUT2D eigenvalue weighted by atomic mass is 10.0. The van der Waals surface area contributed by atoms with Crippen molar-refractivity contribution in [2.75, 3.05) is 18.6 Å². The molecule has 1 saturated heterocycles. The van der Waals surface area contributed by atoms with Crippen molar-refractivity contribution in [1.29, 1.82) is 0 Å². The number of hydrogen-bond donors (Lipinski definition) is 0. The Bertz CT molecular complexity index is 1390. The predicted octanol–water partition coefficient (Wildman–Crippen LogP) is 6.18. The van der Waals surface area contributed by atoms with Crippen LogP contribution in [0.3, 0.4) is 0 Å². The molecule has 0 spiro atoms. The number of fused-ring (bicyclic) bond motifs is 1. The van der Waals surface area contributed by atoms with Crippen LogP contribution in [-0.2, 0) is 0 Å². The molecule has 4 aromatic rings. The molecule has 0 saturated carbocycles. The van der Waals surface area contributed by atoms with Crippen LogP contribution in [-0.4, -0.2) is 40.8 Å². The molecule has 0 aliphatic carbocycles. The van der Waals surface area contributed by atoms with Crippen molar-refractivity contribution in [3.05, 3.63) is 66.5 Å². The van der Waals surface area contributed by atoms with Crippen LogP contribution in [0.2, 0.25) is 0 Å². The summed E-state index contributed by atoms with van der Waals surface area (Å²) >= 11 is 0. The first-order chi connectivity index (χ1) is 16.8. The second-order valence-electron chi connectivity index (χ2n) is 8.18. The van der Waals surface area contributed by atoms with Gasteiger partial charge in [-0.1, -0.05) is 12.1 Å². The summed E-state index contributed by atoms with van der Waals surface area (Å²) in [4.78, 5) is 14.3. The molecule has 1 aliphatic heterocycles. The van der Waals surface area contributed by atoms with Crippen LogP contribution in [0.25, 0.3) is 33.4 Å². The second-order valence-corrected chi connectivity index (χ2v) is 8.18. The molecule has 1 unspecified atom stereocenters. The summed E-state index contributed by atoms with van der Waals surface area (Å²) in [5, 5.41) is 0.242. The average molecular weight is 486 g/mol. The minimum atomic E-state index is -4.47. The summed E-state index contributed by atoms with van der Waals surface area (Å²) in [5.74, 6) is -1.70. The topological polar surface area (TPSA) is 51.1 Å². The molecule has 180 valence electrons. The normalized spacial score (nSPS) is 16.2. The Morgan fingerprint density at radius 3 is 2.57 bits per heavy atom. The van der Waals surface area contributed by atoms with Gasteiger partial charge < -0.3 is 9.64 Å². The van der Waals surface area contributed by atoms with Crippen molar-refractivity contribution in [2.45, 2.75) is 25.1 Å². The molecule has 0 amide bonds. The van der Waals surface area contributed by atoms with Gasteiger partial charge in [-0.25, -0.2) is 18.7 Å². The van der Waals surface area contributed by atoms with E-state index in [2.05, 4.69) is 15.0 Å². The largest absolute Gasteiger partial charge is 0.494 e. The molecule has 5 nitrogen and oxygen atoms in total. The Morgan fingerprint density at radius 2 is 1.86 bits per heavy atom. The van der Waals surface area contributed by atoms with Crippen molar-refractivity contribution < 1.29 is 26.7 Å². The monoisotopic (exact) mass is 486 g/mol. The van der Waals surface area contributed by atoms with Crippen molar-refractivity contribution in [3.8, 4) is 28.3 Å². The highest BCUT2D eigenvalue weighted by atomic mass is 19.4. The third kappa shape index (κ3) is 4.13. The number of methoxy groups -OCH3 is 1. The molecule has 10 heteroatoms. The van der Waals surface area contributed by atoms with Crippen LogP contribution >= 0.6 is 0 Å². The number of aromatic nitrogens is 3. The molecular weight excluding hydrogens is 467 g/mol. The fourth-order valence-corrected chi connectivity index (χ4v) is 4.43. The smallest absolute Gasteiger partial charge is 0.408 e. The summed E-state index contributed by atoms with van der Waals surface area (Å²) in [6.07, 6.45) is -1.15. The minimum absolute atomic E-state index is 0.0469. The zero-order valence-corrected chi connectivity index (χ0v) is 18.5. The Hall–Kier alpha value is -3.82. The van der Waals surface area contributed by atoms with E-state index in [1.807, 2.05) is 0 Å². The van der Waals surface area contributed by atoms with Gasteiger partial charge in [-0.15, -0.1) is 0 Å². The Kier molecular flexibility index (Phi) is 5.74. The van der Waals surface area contributed by atoms with Gasteiger partial charge in [-0.3, -0.25) is 4.98 Å². The molecule has 1 atom stereocenters. The van der Waals surface area contributed by atoms with Crippen LogP contribution in [0.5, 0.6) is 5.75 Å². The predicted molar refractivity (Wildman–Crippen MR) is 121 cm³/mol. The molecule has 0 bridgehead atoms. The summed E-state index contributed by atoms with van der Waals surface area (Å²) in [6.45, 7) is 0.129. The number of rotatable bonds is 4. The third-order valence-electron chi connectivity index (χ3n) is 6.05. The summed E-state index contributed by atoms with van der Waals surface area (Å²) in [5.41, 5.74) is 0.944. The lowest BCUT2D eigenvalue weighted by Gasteiger charge is -2.29. The number of alkyl halides is 3. The van der Waals surface area contributed by atoms with Crippen LogP contribution in [0.1, 0.15) is 12.8 Å². The maximum absolute atomic E-state index is 14.6. The first-order valence-electron chi connectivity index (χ1n) is 10.9. The molecule has 1 aliphatic rings. The van der Waals surface area contributed by atoms with Gasteiger partial charge in [-0.2, -0.15) is 13.2 Å². The maximum Gasteiger partial charge on any atom is 0.408 e. The molecule has 35 heavy (non-hydrogen) atoms. The summed E-state index contributed by atoms with van der Waals surface area (Å²) in [7, 11) is 1.38. The fourth-order valence-electron chi connectivity index (χ4n) is 4.43. The number of nitrogens with zero attached hydrogens (tertiary/aromatic N) is 4. The van der Waals surface area contributed by atoms with Crippen LogP contribution in [0.15, 0.2) is 54.9 Å². The highest BCUT2D eigenvalue weighted by molar-refractivity contribution is 5.98. The Labute approximate surface area is 197 Å². The molecule has 5 rings (SSSR count). The number of pyridine rings is 1. The quantitative estimate of drug-likeness (QED) is 0.323. The molecule has 0 N–H and O–H groups in total. The van der Waals surface area contributed by atoms with Gasteiger partial charge in [-0.05, 0) is 48.7 Å². The number of halogens is 5. The zero-order valence-electron chi connectivity index (χ0n) is 18.5. The highest BCUT2D eigenvalue weighted by Gasteiger charge is 2.47. The molecule has 2 aromatic carbocycles. The van der Waals surface area contributed by atoms with E-state index in [4.69, 9.17) is 4.74 Å². The highest BCUT2D eigenvalue weighted by Crippen LogP contribution is 2.42. The molecule has 2 aromatic heterocycles. The number of anilines is 1. The van der Waals surface area contributed by atoms with E-state index in [0.29, 0.717) is 12.0 Å². The van der Waals surface area contributed by atoms with Gasteiger partial charge in [0.2, 0.25) is 0 Å².